The van der Waals surface area contributed by atoms with Crippen LogP contribution in [0.15, 0.2) is 4.99 Å². The zero-order valence-electron chi connectivity index (χ0n) is 17.5. The molecule has 0 amide bonds. The summed E-state index contributed by atoms with van der Waals surface area (Å²) < 4.78 is 5.51. The molecule has 2 aliphatic heterocycles. The molecule has 0 spiro atoms. The van der Waals surface area contributed by atoms with Crippen LogP contribution in [0.25, 0.3) is 0 Å². The summed E-state index contributed by atoms with van der Waals surface area (Å²) in [5, 5.41) is 6.95. The summed E-state index contributed by atoms with van der Waals surface area (Å²) in [7, 11) is 0. The van der Waals surface area contributed by atoms with E-state index < -0.39 is 0 Å². The third kappa shape index (κ3) is 7.05. The van der Waals surface area contributed by atoms with Crippen LogP contribution in [0, 0.1) is 5.92 Å². The van der Waals surface area contributed by atoms with Gasteiger partial charge in [0.05, 0.1) is 19.8 Å². The maximum absolute atomic E-state index is 5.51. The molecule has 6 heteroatoms. The summed E-state index contributed by atoms with van der Waals surface area (Å²) >= 11 is 0. The standard InChI is InChI=1S/C20H41N5O/c1-5-21-20(22-9-11-24-10-7-6-8-18(24)4)23-16-19(17(2)3)25-12-14-26-15-13-25/h17-19H,5-16H2,1-4H3,(H2,21,22,23). The van der Waals surface area contributed by atoms with Crippen molar-refractivity contribution in [2.45, 2.75) is 59.0 Å². The number of hydrogen-bond acceptors (Lipinski definition) is 4. The van der Waals surface area contributed by atoms with Crippen molar-refractivity contribution in [2.24, 2.45) is 10.9 Å². The Morgan fingerprint density at radius 3 is 2.58 bits per heavy atom. The highest BCUT2D eigenvalue weighted by Gasteiger charge is 2.23. The number of rotatable bonds is 8. The van der Waals surface area contributed by atoms with Gasteiger partial charge in [-0.25, -0.2) is 0 Å². The van der Waals surface area contributed by atoms with Crippen molar-refractivity contribution in [3.05, 3.63) is 0 Å². The van der Waals surface area contributed by atoms with Crippen LogP contribution < -0.4 is 10.6 Å². The zero-order valence-corrected chi connectivity index (χ0v) is 17.5. The van der Waals surface area contributed by atoms with Gasteiger partial charge in [0.25, 0.3) is 0 Å². The molecular formula is C20H41N5O. The molecule has 2 fully saturated rings. The number of piperidine rings is 1. The summed E-state index contributed by atoms with van der Waals surface area (Å²) in [6, 6.07) is 1.20. The van der Waals surface area contributed by atoms with Gasteiger partial charge < -0.3 is 15.4 Å². The highest BCUT2D eigenvalue weighted by atomic mass is 16.5. The summed E-state index contributed by atoms with van der Waals surface area (Å²) in [6.45, 7) is 17.9. The van der Waals surface area contributed by atoms with Gasteiger partial charge in [0.2, 0.25) is 0 Å². The SMILES string of the molecule is CCNC(=NCC(C(C)C)N1CCOCC1)NCCN1CCCCC1C. The molecule has 0 aromatic carbocycles. The Labute approximate surface area is 160 Å². The Hall–Kier alpha value is -0.850. The Morgan fingerprint density at radius 2 is 1.92 bits per heavy atom. The molecule has 0 aromatic rings. The second kappa shape index (κ2) is 11.8. The van der Waals surface area contributed by atoms with Gasteiger partial charge in [-0.15, -0.1) is 0 Å². The predicted octanol–water partition coefficient (Wildman–Crippen LogP) is 1.77. The van der Waals surface area contributed by atoms with Gasteiger partial charge >= 0.3 is 0 Å². The molecule has 6 nitrogen and oxygen atoms in total. The van der Waals surface area contributed by atoms with Gasteiger partial charge in [-0.05, 0) is 39.2 Å². The van der Waals surface area contributed by atoms with Crippen LogP contribution in [-0.4, -0.2) is 86.9 Å². The van der Waals surface area contributed by atoms with Crippen molar-refractivity contribution >= 4 is 5.96 Å². The molecule has 0 aliphatic carbocycles. The van der Waals surface area contributed by atoms with Gasteiger partial charge in [-0.2, -0.15) is 0 Å². The van der Waals surface area contributed by atoms with Crippen molar-refractivity contribution in [2.75, 3.05) is 59.0 Å². The maximum Gasteiger partial charge on any atom is 0.191 e. The number of likely N-dealkylation sites (tertiary alicyclic amines) is 1. The van der Waals surface area contributed by atoms with E-state index in [2.05, 4.69) is 48.1 Å². The van der Waals surface area contributed by atoms with E-state index in [-0.39, 0.29) is 0 Å². The van der Waals surface area contributed by atoms with Gasteiger partial charge in [0.1, 0.15) is 0 Å². The Kier molecular flexibility index (Phi) is 9.72. The lowest BCUT2D eigenvalue weighted by Gasteiger charge is -2.36. The van der Waals surface area contributed by atoms with Gasteiger partial charge in [-0.3, -0.25) is 14.8 Å². The molecule has 26 heavy (non-hydrogen) atoms. The number of morpholine rings is 1. The Balaban J connectivity index is 1.83. The lowest BCUT2D eigenvalue weighted by atomic mass is 10.0. The van der Waals surface area contributed by atoms with Crippen LogP contribution in [-0.2, 0) is 4.74 Å². The van der Waals surface area contributed by atoms with E-state index >= 15 is 0 Å². The molecule has 2 rings (SSSR count). The number of ether oxygens (including phenoxy) is 1. The molecule has 2 unspecified atom stereocenters. The summed E-state index contributed by atoms with van der Waals surface area (Å²) in [5.74, 6) is 1.55. The van der Waals surface area contributed by atoms with E-state index in [1.54, 1.807) is 0 Å². The van der Waals surface area contributed by atoms with Gasteiger partial charge in [0.15, 0.2) is 5.96 Å². The van der Waals surface area contributed by atoms with Crippen molar-refractivity contribution in [3.63, 3.8) is 0 Å². The first kappa shape index (κ1) is 21.5. The van der Waals surface area contributed by atoms with Crippen LogP contribution >= 0.6 is 0 Å². The van der Waals surface area contributed by atoms with Crippen LogP contribution in [0.4, 0.5) is 0 Å². The van der Waals surface area contributed by atoms with Gasteiger partial charge in [0, 0.05) is 44.8 Å². The molecule has 2 aliphatic rings. The lowest BCUT2D eigenvalue weighted by Crippen LogP contribution is -2.48. The molecule has 2 heterocycles. The van der Waals surface area contributed by atoms with Crippen molar-refractivity contribution in [3.8, 4) is 0 Å². The highest BCUT2D eigenvalue weighted by Crippen LogP contribution is 2.15. The fourth-order valence-corrected chi connectivity index (χ4v) is 3.99. The average Bonchev–Trinajstić information content (AvgIpc) is 2.64. The number of guanidine groups is 1. The molecule has 2 N–H and O–H groups in total. The molecule has 0 radical (unpaired) electrons. The largest absolute Gasteiger partial charge is 0.379 e. The van der Waals surface area contributed by atoms with E-state index in [0.29, 0.717) is 12.0 Å². The molecule has 0 saturated carbocycles. The van der Waals surface area contributed by atoms with Crippen molar-refractivity contribution in [1.29, 1.82) is 0 Å². The minimum atomic E-state index is 0.483. The molecule has 2 saturated heterocycles. The molecule has 0 bridgehead atoms. The third-order valence-corrected chi connectivity index (χ3v) is 5.70. The monoisotopic (exact) mass is 367 g/mol. The maximum atomic E-state index is 5.51. The zero-order chi connectivity index (χ0) is 18.8. The summed E-state index contributed by atoms with van der Waals surface area (Å²) in [6.07, 6.45) is 4.06. The normalized spacial score (nSPS) is 24.7. The fourth-order valence-electron chi connectivity index (χ4n) is 3.99. The minimum Gasteiger partial charge on any atom is -0.379 e. The first-order chi connectivity index (χ1) is 12.6. The smallest absolute Gasteiger partial charge is 0.191 e. The van der Waals surface area contributed by atoms with E-state index in [0.717, 1.165) is 64.5 Å². The summed E-state index contributed by atoms with van der Waals surface area (Å²) in [5.41, 5.74) is 0. The van der Waals surface area contributed by atoms with E-state index in [9.17, 15) is 0 Å². The van der Waals surface area contributed by atoms with E-state index in [1.807, 2.05) is 0 Å². The topological polar surface area (TPSA) is 52.1 Å². The van der Waals surface area contributed by atoms with E-state index in [1.165, 1.54) is 25.8 Å². The average molecular weight is 368 g/mol. The van der Waals surface area contributed by atoms with Crippen LogP contribution in [0.1, 0.15) is 47.0 Å². The van der Waals surface area contributed by atoms with Crippen LogP contribution in [0.2, 0.25) is 0 Å². The lowest BCUT2D eigenvalue weighted by molar-refractivity contribution is 0.00867. The molecular weight excluding hydrogens is 326 g/mol. The highest BCUT2D eigenvalue weighted by molar-refractivity contribution is 5.79. The molecule has 152 valence electrons. The van der Waals surface area contributed by atoms with Crippen LogP contribution in [0.5, 0.6) is 0 Å². The van der Waals surface area contributed by atoms with Crippen molar-refractivity contribution < 1.29 is 4.74 Å². The second-order valence-electron chi connectivity index (χ2n) is 7.99. The molecule has 0 aromatic heterocycles. The molecule has 2 atom stereocenters. The number of aliphatic imine (C=N–C) groups is 1. The quantitative estimate of drug-likeness (QED) is 0.506. The number of hydrogen-bond donors (Lipinski definition) is 2. The van der Waals surface area contributed by atoms with Gasteiger partial charge in [-0.1, -0.05) is 20.3 Å². The van der Waals surface area contributed by atoms with E-state index in [4.69, 9.17) is 9.73 Å². The third-order valence-electron chi connectivity index (χ3n) is 5.70. The first-order valence-corrected chi connectivity index (χ1v) is 10.7. The van der Waals surface area contributed by atoms with Crippen LogP contribution in [0.3, 0.4) is 0 Å². The minimum absolute atomic E-state index is 0.483. The number of nitrogens with one attached hydrogen (secondary N) is 2. The fraction of sp³-hybridized carbons (Fsp3) is 0.950. The first-order valence-electron chi connectivity index (χ1n) is 10.7. The Morgan fingerprint density at radius 1 is 1.15 bits per heavy atom. The Bertz CT molecular complexity index is 409. The predicted molar refractivity (Wildman–Crippen MR) is 110 cm³/mol. The summed E-state index contributed by atoms with van der Waals surface area (Å²) in [4.78, 5) is 10.0. The van der Waals surface area contributed by atoms with Crippen molar-refractivity contribution in [1.82, 2.24) is 20.4 Å². The number of nitrogens with zero attached hydrogens (tertiary/aromatic N) is 3. The second-order valence-corrected chi connectivity index (χ2v) is 7.99.